The molecule has 0 spiro atoms. The number of hydrogen-bond donors (Lipinski definition) is 17. The molecule has 536 valence electrons. The van der Waals surface area contributed by atoms with Gasteiger partial charge in [-0.3, -0.25) is 62.4 Å². The highest BCUT2D eigenvalue weighted by Gasteiger charge is 2.51. The van der Waals surface area contributed by atoms with Gasteiger partial charge in [-0.05, 0) is 85.3 Å². The van der Waals surface area contributed by atoms with E-state index in [-0.39, 0.29) is 42.0 Å². The highest BCUT2D eigenvalue weighted by molar-refractivity contribution is 6.02. The number of phenols is 2. The van der Waals surface area contributed by atoms with Crippen LogP contribution in [0.3, 0.4) is 0 Å². The molecule has 5 aromatic carbocycles. The van der Waals surface area contributed by atoms with Gasteiger partial charge < -0.3 is 90.3 Å². The Morgan fingerprint density at radius 1 is 0.559 bits per heavy atom. The smallest absolute Gasteiger partial charge is 0.350 e. The first-order chi connectivity index (χ1) is 48.5. The number of para-hydroxylation sites is 1. The summed E-state index contributed by atoms with van der Waals surface area (Å²) in [5, 5.41) is 54.8. The minimum absolute atomic E-state index is 0.123. The minimum Gasteiger partial charge on any atom is -0.508 e. The highest BCUT2D eigenvalue weighted by atomic mass is 16.4. The number of H-pyrrole nitrogens is 2. The van der Waals surface area contributed by atoms with E-state index in [1.165, 1.54) is 68.0 Å². The number of carbonyl (C=O) groups excluding carboxylic acids is 12. The van der Waals surface area contributed by atoms with Crippen LogP contribution in [0.4, 0.5) is 0 Å². The van der Waals surface area contributed by atoms with Crippen molar-refractivity contribution in [1.29, 1.82) is 0 Å². The van der Waals surface area contributed by atoms with Gasteiger partial charge in [0.05, 0.1) is 25.2 Å². The molecule has 1 saturated heterocycles. The maximum Gasteiger partial charge on any atom is 0.350 e. The van der Waals surface area contributed by atoms with E-state index in [0.717, 1.165) is 13.8 Å². The van der Waals surface area contributed by atoms with Crippen molar-refractivity contribution < 1.29 is 77.6 Å². The maximum absolute atomic E-state index is 15.8. The average Bonchev–Trinajstić information content (AvgIpc) is 0.927. The zero-order valence-electron chi connectivity index (χ0n) is 55.6. The third kappa shape index (κ3) is 20.3. The van der Waals surface area contributed by atoms with Crippen molar-refractivity contribution in [1.82, 2.24) is 67.7 Å². The molecule has 2 aromatic heterocycles. The molecule has 11 atom stereocenters. The molecule has 1 fully saturated rings. The first-order valence-electron chi connectivity index (χ1n) is 32.3. The van der Waals surface area contributed by atoms with Crippen LogP contribution in [0.2, 0.25) is 0 Å². The molecule has 12 amide bonds. The van der Waals surface area contributed by atoms with Crippen LogP contribution < -0.4 is 65.1 Å². The van der Waals surface area contributed by atoms with Crippen LogP contribution in [0.1, 0.15) is 67.1 Å². The summed E-state index contributed by atoms with van der Waals surface area (Å²) >= 11 is 0. The Balaban J connectivity index is 1.27. The molecule has 1 aliphatic rings. The van der Waals surface area contributed by atoms with Gasteiger partial charge in [-0.1, -0.05) is 103 Å². The van der Waals surface area contributed by atoms with E-state index in [1.807, 2.05) is 0 Å². The van der Waals surface area contributed by atoms with Crippen molar-refractivity contribution in [2.75, 3.05) is 0 Å². The van der Waals surface area contributed by atoms with E-state index in [4.69, 9.17) is 17.2 Å². The van der Waals surface area contributed by atoms with Gasteiger partial charge >= 0.3 is 5.97 Å². The zero-order chi connectivity index (χ0) is 73.9. The molecule has 32 heteroatoms. The summed E-state index contributed by atoms with van der Waals surface area (Å²) < 4.78 is 0. The van der Waals surface area contributed by atoms with Gasteiger partial charge in [-0.2, -0.15) is 0 Å². The lowest BCUT2D eigenvalue weighted by molar-refractivity contribution is -0.168. The Morgan fingerprint density at radius 3 is 1.56 bits per heavy atom. The Morgan fingerprint density at radius 2 is 1.03 bits per heavy atom. The number of rotatable bonds is 19. The number of nitrogens with one attached hydrogen (secondary N) is 11. The molecule has 3 heterocycles. The van der Waals surface area contributed by atoms with E-state index in [9.17, 15) is 58.5 Å². The summed E-state index contributed by atoms with van der Waals surface area (Å²) in [6, 6.07) is 15.8. The molecule has 1 unspecified atom stereocenters. The van der Waals surface area contributed by atoms with Crippen molar-refractivity contribution in [3.63, 3.8) is 0 Å². The number of amides is 12. The van der Waals surface area contributed by atoms with Crippen molar-refractivity contribution in [3.05, 3.63) is 186 Å². The molecular weight excluding hydrogens is 1320 g/mol. The lowest BCUT2D eigenvalue weighted by Crippen LogP contribution is -2.72. The molecule has 20 N–H and O–H groups in total. The topological polar surface area (TPSA) is 517 Å². The number of phenolic OH excluding ortho intramolecular Hbond substituents is 2. The second kappa shape index (κ2) is 34.3. The van der Waals surface area contributed by atoms with Crippen LogP contribution in [0.25, 0.3) is 10.9 Å². The monoisotopic (exact) mass is 1400 g/mol. The second-order valence-electron chi connectivity index (χ2n) is 24.8. The van der Waals surface area contributed by atoms with Crippen LogP contribution >= 0.6 is 0 Å². The van der Waals surface area contributed by atoms with Crippen molar-refractivity contribution >= 4 is 87.8 Å². The summed E-state index contributed by atoms with van der Waals surface area (Å²) in [7, 11) is 0. The predicted octanol–water partition coefficient (Wildman–Crippen LogP) is -1.82. The summed E-state index contributed by atoms with van der Waals surface area (Å²) in [5.41, 5.74) is 17.7. The molecule has 0 bridgehead atoms. The molecular formula is C70H80N16O16. The van der Waals surface area contributed by atoms with E-state index < -0.39 is 175 Å². The van der Waals surface area contributed by atoms with Crippen LogP contribution in [-0.4, -0.2) is 178 Å². The fourth-order valence-corrected chi connectivity index (χ4v) is 11.4. The molecule has 102 heavy (non-hydrogen) atoms. The fourth-order valence-electron chi connectivity index (χ4n) is 11.4. The predicted molar refractivity (Wildman–Crippen MR) is 365 cm³/mol. The standard InChI is InChI=1S/C70H80N16O16/c1-37-60(92)79-51(28-40-14-8-5-9-15-40)68(100)85-70(3,69(101)102)86(56(59(73)91)29-42-20-24-46(88)25-21-42)58(90)33-55(81-62(94)48(71)26-41-18-22-45(87)23-19-41)67(99)83-53(31-44-35-74-36-76-44)66(98)82-50(27-39-12-6-4-7-13-39)63(95)77-38(2)61(93)80-52(30-43-34-75-49-17-11-10-16-47(43)49)65(97)84-54(32-57(72)89)64(96)78-37/h4-25,34-38,48,50-56,75,87-88H,26-33,71H2,1-3H3,(H2,72,89)(H2,73,91)(H,74,76)(H,77,95)(H,78,96)(H,79,92)(H,80,93)(H,81,94)(H,82,98)(H,83,99)(H,84,97)(H,85,100)(H,101,102)/t37-,38-,48-,50+,51-,52-,53-,54-,55-,56-,70?/m0/s1. The van der Waals surface area contributed by atoms with Gasteiger partial charge in [0.15, 0.2) is 0 Å². The number of imidazole rings is 1. The molecule has 8 rings (SSSR count). The molecule has 0 aliphatic carbocycles. The lowest BCUT2D eigenvalue weighted by atomic mass is 9.97. The number of hydrogen-bond acceptors (Lipinski definition) is 17. The summed E-state index contributed by atoms with van der Waals surface area (Å²) in [6.45, 7) is 3.22. The van der Waals surface area contributed by atoms with E-state index in [0.29, 0.717) is 38.1 Å². The third-order valence-corrected chi connectivity index (χ3v) is 17.0. The minimum atomic E-state index is -3.17. The van der Waals surface area contributed by atoms with Gasteiger partial charge in [-0.25, -0.2) is 9.78 Å². The molecule has 0 radical (unpaired) electrons. The van der Waals surface area contributed by atoms with Gasteiger partial charge in [-0.15, -0.1) is 0 Å². The van der Waals surface area contributed by atoms with Gasteiger partial charge in [0.1, 0.15) is 65.9 Å². The number of carboxylic acids is 1. The van der Waals surface area contributed by atoms with Crippen LogP contribution in [0.15, 0.2) is 152 Å². The molecule has 32 nitrogen and oxygen atoms in total. The lowest BCUT2D eigenvalue weighted by Gasteiger charge is -2.43. The fraction of sp³-hybridized carbons (Fsp3) is 0.314. The summed E-state index contributed by atoms with van der Waals surface area (Å²) in [5.74, 6) is -16.7. The summed E-state index contributed by atoms with van der Waals surface area (Å²) in [6.07, 6.45) is -0.451. The molecule has 0 saturated carbocycles. The van der Waals surface area contributed by atoms with Crippen molar-refractivity contribution in [2.24, 2.45) is 17.2 Å². The number of nitrogens with zero attached hydrogens (tertiary/aromatic N) is 2. The number of benzene rings is 5. The average molecular weight is 1400 g/mol. The van der Waals surface area contributed by atoms with Crippen LogP contribution in [0, 0.1) is 0 Å². The number of aliphatic carboxylic acids is 1. The first-order valence-corrected chi connectivity index (χ1v) is 32.3. The van der Waals surface area contributed by atoms with Crippen molar-refractivity contribution in [3.8, 4) is 11.5 Å². The van der Waals surface area contributed by atoms with Crippen LogP contribution in [0.5, 0.6) is 11.5 Å². The molecule has 7 aromatic rings. The summed E-state index contributed by atoms with van der Waals surface area (Å²) in [4.78, 5) is 200. The van der Waals surface area contributed by atoms with Crippen LogP contribution in [-0.2, 0) is 101 Å². The quantitative estimate of drug-likeness (QED) is 0.0424. The first kappa shape index (κ1) is 75.3. The number of carbonyl (C=O) groups is 13. The second-order valence-corrected chi connectivity index (χ2v) is 24.8. The Bertz CT molecular complexity index is 4200. The number of nitrogens with two attached hydrogens (primary N) is 3. The highest BCUT2D eigenvalue weighted by Crippen LogP contribution is 2.25. The Labute approximate surface area is 583 Å². The Hall–Kier alpha value is -12.5. The molecule has 1 aliphatic heterocycles. The SMILES string of the molecule is C[C@@H]1NC(=O)[C@H](CC(N)=O)NC(=O)[C@H](Cc2c[nH]c3ccccc23)NC(=O)[C@H](C)NC(=O)[C@@H](Cc2ccccc2)NC(=O)[C@H](Cc2cnc[nH]2)NC(=O)[C@@H](NC(=O)[C@@H](N)Cc2ccc(O)cc2)CC(=O)N([C@@H](Cc2ccc(O)cc2)C(N)=O)C(C)(C(=O)O)NC(=O)[C@H](Cc2ccccc2)NC1=O. The number of primary amides is 2. The largest absolute Gasteiger partial charge is 0.508 e. The number of aromatic nitrogens is 3. The maximum atomic E-state index is 15.8. The van der Waals surface area contributed by atoms with E-state index in [1.54, 1.807) is 91.1 Å². The van der Waals surface area contributed by atoms with E-state index >= 15 is 19.2 Å². The third-order valence-electron chi connectivity index (χ3n) is 17.0. The number of fused-ring (bicyclic) bond motifs is 1. The van der Waals surface area contributed by atoms with Gasteiger partial charge in [0.25, 0.3) is 0 Å². The van der Waals surface area contributed by atoms with Gasteiger partial charge in [0, 0.05) is 61.1 Å². The van der Waals surface area contributed by atoms with E-state index in [2.05, 4.69) is 62.8 Å². The number of aromatic amines is 2. The number of carboxylic acid groups (broad SMARTS) is 1. The normalized spacial score (nSPS) is 22.5. The van der Waals surface area contributed by atoms with Gasteiger partial charge in [0.2, 0.25) is 76.5 Å². The number of aromatic hydroxyl groups is 2. The van der Waals surface area contributed by atoms with Crippen molar-refractivity contribution in [2.45, 2.75) is 138 Å². The Kier molecular flexibility index (Phi) is 25.3. The zero-order valence-corrected chi connectivity index (χ0v) is 55.6.